The number of carbonyl (C=O) groups excluding carboxylic acids is 3. The van der Waals surface area contributed by atoms with Crippen LogP contribution in [-0.4, -0.2) is 81.7 Å². The predicted molar refractivity (Wildman–Crippen MR) is 145 cm³/mol. The molecule has 40 heavy (non-hydrogen) atoms. The van der Waals surface area contributed by atoms with Gasteiger partial charge >= 0.3 is 11.9 Å². The lowest BCUT2D eigenvalue weighted by atomic mass is 10.0. The van der Waals surface area contributed by atoms with E-state index in [2.05, 4.69) is 20.9 Å². The van der Waals surface area contributed by atoms with Crippen LogP contribution in [0.2, 0.25) is 0 Å². The molecule has 1 rings (SSSR count). The number of nitrogens with zero attached hydrogens (tertiary/aromatic N) is 1. The fourth-order valence-corrected chi connectivity index (χ4v) is 3.61. The van der Waals surface area contributed by atoms with Crippen LogP contribution >= 0.6 is 0 Å². The summed E-state index contributed by atoms with van der Waals surface area (Å²) in [6.45, 7) is 3.40. The Morgan fingerprint density at radius 1 is 0.875 bits per heavy atom. The number of amides is 3. The normalized spacial score (nSPS) is 13.8. The largest absolute Gasteiger partial charge is 0.508 e. The van der Waals surface area contributed by atoms with Gasteiger partial charge in [0, 0.05) is 13.0 Å². The first-order valence-corrected chi connectivity index (χ1v) is 12.7. The van der Waals surface area contributed by atoms with Gasteiger partial charge in [0.05, 0.1) is 6.04 Å². The number of hydrogen-bond acceptors (Lipinski definition) is 8. The Hall–Kier alpha value is -4.40. The highest BCUT2D eigenvalue weighted by Gasteiger charge is 2.32. The number of phenolic OH excluding ortho intramolecular Hbond substituents is 1. The van der Waals surface area contributed by atoms with Crippen LogP contribution in [0.15, 0.2) is 29.3 Å². The molecule has 0 aromatic heterocycles. The minimum absolute atomic E-state index is 0.0207. The maximum Gasteiger partial charge on any atom is 0.326 e. The van der Waals surface area contributed by atoms with Crippen molar-refractivity contribution >= 4 is 35.6 Å². The Morgan fingerprint density at radius 2 is 1.48 bits per heavy atom. The zero-order chi connectivity index (χ0) is 30.4. The van der Waals surface area contributed by atoms with Crippen LogP contribution in [0, 0.1) is 5.92 Å². The summed E-state index contributed by atoms with van der Waals surface area (Å²) in [6, 6.07) is 1.12. The smallest absolute Gasteiger partial charge is 0.326 e. The maximum absolute atomic E-state index is 13.1. The number of carbonyl (C=O) groups is 5. The highest BCUT2D eigenvalue weighted by Crippen LogP contribution is 2.12. The standard InChI is InChI=1S/C25H39N7O8/c1-13(2)20(23(38)31-18(24(39)40)4-3-11-29-25(27)28)32-22(37)17(9-10-19(34)35)30-21(36)16(26)12-14-5-7-15(33)8-6-14/h5-8,13,16-18,20,33H,3-4,9-12,26H2,1-2H3,(H,30,36)(H,31,38)(H,32,37)(H,34,35)(H,39,40)(H4,27,28,29). The van der Waals surface area contributed by atoms with Gasteiger partial charge in [-0.1, -0.05) is 26.0 Å². The fraction of sp³-hybridized carbons (Fsp3) is 0.520. The molecule has 15 nitrogen and oxygen atoms in total. The van der Waals surface area contributed by atoms with E-state index in [0.29, 0.717) is 5.56 Å². The lowest BCUT2D eigenvalue weighted by Gasteiger charge is -2.27. The predicted octanol–water partition coefficient (Wildman–Crippen LogP) is -1.62. The molecule has 15 heteroatoms. The molecule has 4 atom stereocenters. The molecule has 1 aromatic carbocycles. The summed E-state index contributed by atoms with van der Waals surface area (Å²) < 4.78 is 0. The van der Waals surface area contributed by atoms with Crippen LogP contribution < -0.4 is 33.2 Å². The van der Waals surface area contributed by atoms with E-state index in [1.54, 1.807) is 26.0 Å². The van der Waals surface area contributed by atoms with Crippen molar-refractivity contribution in [2.75, 3.05) is 6.54 Å². The number of benzene rings is 1. The molecule has 0 bridgehead atoms. The van der Waals surface area contributed by atoms with Crippen molar-refractivity contribution in [3.05, 3.63) is 29.8 Å². The topological polar surface area (TPSA) is 273 Å². The van der Waals surface area contributed by atoms with E-state index in [4.69, 9.17) is 22.3 Å². The van der Waals surface area contributed by atoms with Crippen molar-refractivity contribution < 1.29 is 39.3 Å². The second kappa shape index (κ2) is 16.5. The van der Waals surface area contributed by atoms with E-state index in [1.165, 1.54) is 12.1 Å². The van der Waals surface area contributed by atoms with Crippen LogP contribution in [0.25, 0.3) is 0 Å². The molecule has 12 N–H and O–H groups in total. The van der Waals surface area contributed by atoms with E-state index < -0.39 is 66.2 Å². The SMILES string of the molecule is CC(C)C(NC(=O)C(CCC(=O)O)NC(=O)C(N)Cc1ccc(O)cc1)C(=O)NC(CCCN=C(N)N)C(=O)O. The molecule has 3 amide bonds. The Bertz CT molecular complexity index is 1060. The maximum atomic E-state index is 13.1. The number of nitrogens with one attached hydrogen (secondary N) is 3. The van der Waals surface area contributed by atoms with Crippen molar-refractivity contribution in [3.63, 3.8) is 0 Å². The molecule has 0 fully saturated rings. The first-order valence-electron chi connectivity index (χ1n) is 12.7. The highest BCUT2D eigenvalue weighted by molar-refractivity contribution is 5.94. The summed E-state index contributed by atoms with van der Waals surface area (Å²) in [5.74, 6) is -5.43. The third-order valence-electron chi connectivity index (χ3n) is 5.82. The van der Waals surface area contributed by atoms with E-state index in [0.717, 1.165) is 0 Å². The second-order valence-electron chi connectivity index (χ2n) is 9.55. The van der Waals surface area contributed by atoms with Gasteiger partial charge < -0.3 is 48.5 Å². The molecule has 1 aromatic rings. The number of carboxylic acid groups (broad SMARTS) is 2. The Kier molecular flexibility index (Phi) is 13.9. The van der Waals surface area contributed by atoms with Gasteiger partial charge in [-0.2, -0.15) is 0 Å². The molecule has 0 aliphatic rings. The average Bonchev–Trinajstić information content (AvgIpc) is 2.86. The summed E-state index contributed by atoms with van der Waals surface area (Å²) in [7, 11) is 0. The second-order valence-corrected chi connectivity index (χ2v) is 9.55. The molecule has 0 radical (unpaired) electrons. The summed E-state index contributed by atoms with van der Waals surface area (Å²) in [5.41, 5.74) is 17.1. The minimum atomic E-state index is -1.33. The summed E-state index contributed by atoms with van der Waals surface area (Å²) in [4.78, 5) is 65.3. The van der Waals surface area contributed by atoms with Crippen LogP contribution in [-0.2, 0) is 30.4 Å². The molecule has 0 aliphatic heterocycles. The fourth-order valence-electron chi connectivity index (χ4n) is 3.61. The van der Waals surface area contributed by atoms with Gasteiger partial charge in [0.25, 0.3) is 0 Å². The van der Waals surface area contributed by atoms with Crippen molar-refractivity contribution in [1.82, 2.24) is 16.0 Å². The lowest BCUT2D eigenvalue weighted by Crippen LogP contribution is -2.58. The van der Waals surface area contributed by atoms with Crippen LogP contribution in [0.4, 0.5) is 0 Å². The quantitative estimate of drug-likeness (QED) is 0.0587. The third kappa shape index (κ3) is 12.4. The Morgan fingerprint density at radius 3 is 2.00 bits per heavy atom. The van der Waals surface area contributed by atoms with Gasteiger partial charge in [0.2, 0.25) is 17.7 Å². The van der Waals surface area contributed by atoms with Crippen LogP contribution in [0.3, 0.4) is 0 Å². The summed E-state index contributed by atoms with van der Waals surface area (Å²) in [6.07, 6.45) is -0.376. The van der Waals surface area contributed by atoms with Gasteiger partial charge in [0.15, 0.2) is 5.96 Å². The highest BCUT2D eigenvalue weighted by atomic mass is 16.4. The molecule has 0 saturated carbocycles. The number of aliphatic imine (C=N–C) groups is 1. The number of phenols is 1. The van der Waals surface area contributed by atoms with Crippen molar-refractivity contribution in [1.29, 1.82) is 0 Å². The van der Waals surface area contributed by atoms with Gasteiger partial charge in [-0.25, -0.2) is 4.79 Å². The van der Waals surface area contributed by atoms with Crippen LogP contribution in [0.1, 0.15) is 45.1 Å². The van der Waals surface area contributed by atoms with Gasteiger partial charge in [-0.15, -0.1) is 0 Å². The molecular formula is C25H39N7O8. The Balaban J connectivity index is 2.94. The molecular weight excluding hydrogens is 526 g/mol. The molecule has 222 valence electrons. The Labute approximate surface area is 231 Å². The van der Waals surface area contributed by atoms with Gasteiger partial charge in [-0.05, 0) is 49.3 Å². The number of aromatic hydroxyl groups is 1. The van der Waals surface area contributed by atoms with Crippen molar-refractivity contribution in [2.45, 2.75) is 70.1 Å². The van der Waals surface area contributed by atoms with Crippen molar-refractivity contribution in [3.8, 4) is 5.75 Å². The van der Waals surface area contributed by atoms with Gasteiger partial charge in [-0.3, -0.25) is 24.2 Å². The molecule has 0 heterocycles. The number of guanidine groups is 1. The van der Waals surface area contributed by atoms with Gasteiger partial charge in [0.1, 0.15) is 23.9 Å². The minimum Gasteiger partial charge on any atom is -0.508 e. The third-order valence-corrected chi connectivity index (χ3v) is 5.82. The number of carboxylic acids is 2. The summed E-state index contributed by atoms with van der Waals surface area (Å²) >= 11 is 0. The van der Waals surface area contributed by atoms with E-state index >= 15 is 0 Å². The van der Waals surface area contributed by atoms with Crippen molar-refractivity contribution in [2.24, 2.45) is 28.1 Å². The number of aliphatic carboxylic acids is 2. The molecule has 0 aliphatic carbocycles. The average molecular weight is 566 g/mol. The first kappa shape index (κ1) is 33.6. The number of rotatable bonds is 17. The summed E-state index contributed by atoms with van der Waals surface area (Å²) in [5, 5.41) is 35.3. The zero-order valence-corrected chi connectivity index (χ0v) is 22.5. The van der Waals surface area contributed by atoms with E-state index in [-0.39, 0.29) is 43.9 Å². The van der Waals surface area contributed by atoms with Crippen LogP contribution in [0.5, 0.6) is 5.75 Å². The molecule has 0 spiro atoms. The number of nitrogens with two attached hydrogens (primary N) is 3. The van der Waals surface area contributed by atoms with E-state index in [1.807, 2.05) is 0 Å². The first-order chi connectivity index (χ1) is 18.7. The molecule has 0 saturated heterocycles. The monoisotopic (exact) mass is 565 g/mol. The molecule has 4 unspecified atom stereocenters. The zero-order valence-electron chi connectivity index (χ0n) is 22.5. The number of hydrogen-bond donors (Lipinski definition) is 9. The van der Waals surface area contributed by atoms with E-state index in [9.17, 15) is 34.2 Å². The lowest BCUT2D eigenvalue weighted by molar-refractivity contribution is -0.142.